The molecule has 0 aromatic heterocycles. The summed E-state index contributed by atoms with van der Waals surface area (Å²) in [5, 5.41) is 7.15. The minimum absolute atomic E-state index is 0.245. The third kappa shape index (κ3) is 5.52. The number of thioether (sulfide) groups is 1. The van der Waals surface area contributed by atoms with Gasteiger partial charge < -0.3 is 20.1 Å². The molecule has 156 valence electrons. The standard InChI is InChI=1S/C20H38N4O2S/c1-3-21-18(22-15-19(5-4-6-19)7-11-25-2)23-16-20(8-14-27-17-20)24-9-12-26-13-10-24/h3-17H2,1-2H3,(H2,21,22,23). The molecule has 2 aliphatic heterocycles. The van der Waals surface area contributed by atoms with Crippen LogP contribution in [0.15, 0.2) is 4.99 Å². The molecule has 0 radical (unpaired) electrons. The largest absolute Gasteiger partial charge is 0.385 e. The van der Waals surface area contributed by atoms with Crippen LogP contribution in [0.2, 0.25) is 0 Å². The lowest BCUT2D eigenvalue weighted by Gasteiger charge is -2.43. The van der Waals surface area contributed by atoms with Gasteiger partial charge in [0, 0.05) is 57.7 Å². The fourth-order valence-corrected chi connectivity index (χ4v) is 5.93. The maximum atomic E-state index is 5.58. The molecule has 0 amide bonds. The lowest BCUT2D eigenvalue weighted by molar-refractivity contribution is -0.0120. The molecule has 3 aliphatic rings. The topological polar surface area (TPSA) is 58.1 Å². The third-order valence-electron chi connectivity index (χ3n) is 6.52. The summed E-state index contributed by atoms with van der Waals surface area (Å²) in [5.74, 6) is 3.44. The van der Waals surface area contributed by atoms with Gasteiger partial charge in [0.15, 0.2) is 5.96 Å². The number of methoxy groups -OCH3 is 1. The van der Waals surface area contributed by atoms with Gasteiger partial charge in [-0.25, -0.2) is 0 Å². The second kappa shape index (κ2) is 10.3. The number of nitrogens with one attached hydrogen (secondary N) is 2. The molecule has 1 atom stereocenters. The van der Waals surface area contributed by atoms with Gasteiger partial charge >= 0.3 is 0 Å². The Morgan fingerprint density at radius 3 is 2.63 bits per heavy atom. The van der Waals surface area contributed by atoms with Crippen molar-refractivity contribution in [3.8, 4) is 0 Å². The number of guanidine groups is 1. The van der Waals surface area contributed by atoms with Crippen molar-refractivity contribution in [3.63, 3.8) is 0 Å². The molecule has 3 fully saturated rings. The Hall–Kier alpha value is -0.500. The molecule has 1 aliphatic carbocycles. The first-order chi connectivity index (χ1) is 13.2. The zero-order valence-corrected chi connectivity index (χ0v) is 18.0. The average Bonchev–Trinajstić information content (AvgIpc) is 3.16. The Morgan fingerprint density at radius 2 is 2.04 bits per heavy atom. The molecule has 2 saturated heterocycles. The van der Waals surface area contributed by atoms with Gasteiger partial charge in [-0.3, -0.25) is 9.89 Å². The van der Waals surface area contributed by atoms with Crippen LogP contribution in [0.1, 0.15) is 39.0 Å². The van der Waals surface area contributed by atoms with Crippen LogP contribution in [-0.2, 0) is 9.47 Å². The van der Waals surface area contributed by atoms with E-state index in [1.165, 1.54) is 37.2 Å². The molecule has 0 aromatic rings. The van der Waals surface area contributed by atoms with Crippen LogP contribution < -0.4 is 10.6 Å². The fourth-order valence-electron chi connectivity index (χ4n) is 4.45. The number of ether oxygens (including phenoxy) is 2. The van der Waals surface area contributed by atoms with Gasteiger partial charge in [0.25, 0.3) is 0 Å². The Labute approximate surface area is 169 Å². The second-order valence-corrected chi connectivity index (χ2v) is 9.38. The zero-order valence-electron chi connectivity index (χ0n) is 17.2. The van der Waals surface area contributed by atoms with Crippen molar-refractivity contribution in [1.29, 1.82) is 0 Å². The van der Waals surface area contributed by atoms with E-state index < -0.39 is 0 Å². The van der Waals surface area contributed by atoms with Crippen molar-refractivity contribution in [1.82, 2.24) is 15.5 Å². The van der Waals surface area contributed by atoms with E-state index in [-0.39, 0.29) is 5.54 Å². The van der Waals surface area contributed by atoms with Gasteiger partial charge in [0.1, 0.15) is 0 Å². The van der Waals surface area contributed by atoms with Crippen LogP contribution in [0.4, 0.5) is 0 Å². The molecule has 6 nitrogen and oxygen atoms in total. The monoisotopic (exact) mass is 398 g/mol. The molecule has 1 unspecified atom stereocenters. The van der Waals surface area contributed by atoms with E-state index in [0.717, 1.165) is 64.9 Å². The number of nitrogens with zero attached hydrogens (tertiary/aromatic N) is 2. The van der Waals surface area contributed by atoms with Crippen molar-refractivity contribution in [3.05, 3.63) is 0 Å². The van der Waals surface area contributed by atoms with Crippen molar-refractivity contribution in [2.75, 3.05) is 71.2 Å². The van der Waals surface area contributed by atoms with Gasteiger partial charge in [-0.1, -0.05) is 6.42 Å². The molecule has 27 heavy (non-hydrogen) atoms. The summed E-state index contributed by atoms with van der Waals surface area (Å²) >= 11 is 2.08. The van der Waals surface area contributed by atoms with Crippen LogP contribution in [0.5, 0.6) is 0 Å². The van der Waals surface area contributed by atoms with Crippen LogP contribution in [-0.4, -0.2) is 87.6 Å². The van der Waals surface area contributed by atoms with Gasteiger partial charge in [-0.05, 0) is 43.8 Å². The lowest BCUT2D eigenvalue weighted by Crippen LogP contribution is -2.60. The Balaban J connectivity index is 1.59. The molecule has 2 N–H and O–H groups in total. The number of hydrogen-bond donors (Lipinski definition) is 2. The lowest BCUT2D eigenvalue weighted by atomic mass is 9.67. The van der Waals surface area contributed by atoms with Crippen molar-refractivity contribution in [2.45, 2.75) is 44.6 Å². The summed E-state index contributed by atoms with van der Waals surface area (Å²) < 4.78 is 10.9. The van der Waals surface area contributed by atoms with Gasteiger partial charge in [-0.15, -0.1) is 0 Å². The van der Waals surface area contributed by atoms with Crippen LogP contribution in [0.3, 0.4) is 0 Å². The van der Waals surface area contributed by atoms with E-state index in [1.54, 1.807) is 7.11 Å². The number of hydrogen-bond acceptors (Lipinski definition) is 5. The third-order valence-corrected chi connectivity index (χ3v) is 7.75. The van der Waals surface area contributed by atoms with E-state index in [4.69, 9.17) is 14.5 Å². The summed E-state index contributed by atoms with van der Waals surface area (Å²) in [6.07, 6.45) is 6.28. The molecule has 1 saturated carbocycles. The molecular formula is C20H38N4O2S. The Morgan fingerprint density at radius 1 is 1.22 bits per heavy atom. The minimum Gasteiger partial charge on any atom is -0.385 e. The average molecular weight is 399 g/mol. The first-order valence-corrected chi connectivity index (χ1v) is 11.8. The van der Waals surface area contributed by atoms with E-state index in [2.05, 4.69) is 34.2 Å². The van der Waals surface area contributed by atoms with Crippen molar-refractivity contribution in [2.24, 2.45) is 10.4 Å². The summed E-state index contributed by atoms with van der Waals surface area (Å²) in [6, 6.07) is 0. The van der Waals surface area contributed by atoms with E-state index >= 15 is 0 Å². The first-order valence-electron chi connectivity index (χ1n) is 10.6. The second-order valence-electron chi connectivity index (χ2n) is 8.27. The van der Waals surface area contributed by atoms with Gasteiger partial charge in [0.05, 0.1) is 13.2 Å². The number of aliphatic imine (C=N–C) groups is 1. The van der Waals surface area contributed by atoms with E-state index in [9.17, 15) is 0 Å². The summed E-state index contributed by atoms with van der Waals surface area (Å²) in [6.45, 7) is 9.59. The highest BCUT2D eigenvalue weighted by molar-refractivity contribution is 7.99. The SMILES string of the molecule is CCNC(=NCC1(CCOC)CCC1)NCC1(N2CCOCC2)CCSC1. The number of rotatable bonds is 9. The molecule has 3 rings (SSSR count). The Kier molecular flexibility index (Phi) is 8.11. The van der Waals surface area contributed by atoms with Crippen LogP contribution in [0.25, 0.3) is 0 Å². The zero-order chi connectivity index (χ0) is 19.0. The summed E-state index contributed by atoms with van der Waals surface area (Å²) in [5.41, 5.74) is 0.609. The van der Waals surface area contributed by atoms with Crippen molar-refractivity contribution >= 4 is 17.7 Å². The molecular weight excluding hydrogens is 360 g/mol. The summed E-state index contributed by atoms with van der Waals surface area (Å²) in [4.78, 5) is 7.64. The van der Waals surface area contributed by atoms with Gasteiger partial charge in [-0.2, -0.15) is 11.8 Å². The quantitative estimate of drug-likeness (QED) is 0.457. The van der Waals surface area contributed by atoms with Crippen LogP contribution >= 0.6 is 11.8 Å². The highest BCUT2D eigenvalue weighted by atomic mass is 32.2. The van der Waals surface area contributed by atoms with Crippen LogP contribution in [0, 0.1) is 5.41 Å². The smallest absolute Gasteiger partial charge is 0.191 e. The molecule has 2 heterocycles. The highest BCUT2D eigenvalue weighted by Gasteiger charge is 2.41. The maximum Gasteiger partial charge on any atom is 0.191 e. The van der Waals surface area contributed by atoms with Gasteiger partial charge in [0.2, 0.25) is 0 Å². The molecule has 0 aromatic carbocycles. The maximum absolute atomic E-state index is 5.58. The van der Waals surface area contributed by atoms with E-state index in [1.807, 2.05) is 0 Å². The molecule has 0 spiro atoms. The minimum atomic E-state index is 0.245. The predicted octanol–water partition coefficient (Wildman–Crippen LogP) is 1.96. The number of morpholine rings is 1. The highest BCUT2D eigenvalue weighted by Crippen LogP contribution is 2.44. The first kappa shape index (κ1) is 21.2. The van der Waals surface area contributed by atoms with E-state index in [0.29, 0.717) is 5.41 Å². The normalized spacial score (nSPS) is 28.7. The molecule has 7 heteroatoms. The Bertz CT molecular complexity index is 473. The summed E-state index contributed by atoms with van der Waals surface area (Å²) in [7, 11) is 1.80. The fraction of sp³-hybridized carbons (Fsp3) is 0.950. The van der Waals surface area contributed by atoms with Crippen molar-refractivity contribution < 1.29 is 9.47 Å². The molecule has 0 bridgehead atoms. The predicted molar refractivity (Wildman–Crippen MR) is 114 cm³/mol.